The smallest absolute Gasteiger partial charge is 0.128 e. The van der Waals surface area contributed by atoms with Crippen molar-refractivity contribution in [3.63, 3.8) is 0 Å². The van der Waals surface area contributed by atoms with Crippen molar-refractivity contribution in [2.75, 3.05) is 64.9 Å². The topological polar surface area (TPSA) is 114 Å². The molecular formula is C34H72N2O6S2. The maximum absolute atomic E-state index is 11.3. The molecule has 0 aromatic rings. The average molecular weight is 669 g/mol. The van der Waals surface area contributed by atoms with Crippen LogP contribution in [-0.2, 0) is 20.2 Å². The van der Waals surface area contributed by atoms with Gasteiger partial charge in [-0.05, 0) is 25.7 Å². The van der Waals surface area contributed by atoms with E-state index in [1.54, 1.807) is 0 Å². The molecule has 2 atom stereocenters. The maximum Gasteiger partial charge on any atom is 0.128 e. The summed E-state index contributed by atoms with van der Waals surface area (Å²) in [5, 5.41) is 0. The second kappa shape index (κ2) is 25.8. The second-order valence-corrected chi connectivity index (χ2v) is 17.2. The third kappa shape index (κ3) is 29.2. The first kappa shape index (κ1) is 43.7. The molecule has 0 rings (SSSR count). The zero-order valence-electron chi connectivity index (χ0n) is 29.4. The van der Waals surface area contributed by atoms with Gasteiger partial charge >= 0.3 is 0 Å². The van der Waals surface area contributed by atoms with Gasteiger partial charge in [-0.15, -0.1) is 0 Å². The predicted octanol–water partition coefficient (Wildman–Crippen LogP) is 7.59. The first-order valence-corrected chi connectivity index (χ1v) is 21.4. The minimum absolute atomic E-state index is 0.328. The third-order valence-electron chi connectivity index (χ3n) is 9.47. The molecule has 0 saturated heterocycles. The molecule has 10 heteroatoms. The van der Waals surface area contributed by atoms with Crippen LogP contribution in [0.2, 0.25) is 0 Å². The van der Waals surface area contributed by atoms with Crippen LogP contribution in [-0.4, -0.2) is 99.8 Å². The van der Waals surface area contributed by atoms with E-state index in [4.69, 9.17) is 0 Å². The van der Waals surface area contributed by atoms with Gasteiger partial charge < -0.3 is 18.1 Å². The molecule has 0 aliphatic rings. The standard InChI is InChI=1S/C34H72N2O6S2/c1-5-7-9-11-13-15-17-19-21-23-27-35(3,29-25-33-43(37,38)39)31-32-36(4,30-26-34-44(40,41)42)28-24-22-20-18-16-14-12-10-8-6-2/h5-34H2,1-4H3. The number of rotatable bonds is 33. The maximum atomic E-state index is 11.3. The molecule has 0 radical (unpaired) electrons. The van der Waals surface area contributed by atoms with E-state index in [1.807, 2.05) is 0 Å². The monoisotopic (exact) mass is 668 g/mol. The third-order valence-corrected chi connectivity index (χ3v) is 11.0. The Kier molecular flexibility index (Phi) is 25.6. The van der Waals surface area contributed by atoms with Crippen LogP contribution in [0, 0.1) is 0 Å². The Bertz CT molecular complexity index is 812. The molecule has 2 unspecified atom stereocenters. The highest BCUT2D eigenvalue weighted by Crippen LogP contribution is 2.17. The zero-order chi connectivity index (χ0) is 33.2. The van der Waals surface area contributed by atoms with E-state index < -0.39 is 20.2 Å². The molecule has 0 aliphatic heterocycles. The minimum atomic E-state index is -4.24. The van der Waals surface area contributed by atoms with Crippen molar-refractivity contribution >= 4 is 20.2 Å². The molecule has 0 amide bonds. The number of unbranched alkanes of at least 4 members (excludes halogenated alkanes) is 18. The summed E-state index contributed by atoms with van der Waals surface area (Å²) in [5.41, 5.74) is 0. The van der Waals surface area contributed by atoms with Gasteiger partial charge in [-0.25, -0.2) is 16.8 Å². The number of hydrogen-bond acceptors (Lipinski definition) is 6. The Labute approximate surface area is 274 Å². The van der Waals surface area contributed by atoms with Crippen LogP contribution in [0.4, 0.5) is 0 Å². The summed E-state index contributed by atoms with van der Waals surface area (Å²) >= 11 is 0. The first-order chi connectivity index (χ1) is 20.7. The fourth-order valence-electron chi connectivity index (χ4n) is 6.36. The summed E-state index contributed by atoms with van der Waals surface area (Å²) in [4.78, 5) is 0. The molecule has 0 aromatic heterocycles. The fraction of sp³-hybridized carbons (Fsp3) is 1.00. The molecule has 44 heavy (non-hydrogen) atoms. The summed E-state index contributed by atoms with van der Waals surface area (Å²) in [6.07, 6.45) is 26.0. The van der Waals surface area contributed by atoms with Gasteiger partial charge in [0.2, 0.25) is 0 Å². The zero-order valence-corrected chi connectivity index (χ0v) is 31.0. The lowest BCUT2D eigenvalue weighted by Crippen LogP contribution is -2.56. The van der Waals surface area contributed by atoms with Crippen molar-refractivity contribution in [1.82, 2.24) is 0 Å². The highest BCUT2D eigenvalue weighted by Gasteiger charge is 2.29. The van der Waals surface area contributed by atoms with Crippen molar-refractivity contribution in [3.05, 3.63) is 0 Å². The normalized spacial score (nSPS) is 15.3. The fourth-order valence-corrected chi connectivity index (χ4v) is 7.33. The number of likely N-dealkylation sites (N-methyl/N-ethyl adjacent to an activating group) is 2. The van der Waals surface area contributed by atoms with Crippen molar-refractivity contribution in [2.45, 2.75) is 155 Å². The van der Waals surface area contributed by atoms with E-state index in [0.717, 1.165) is 60.8 Å². The van der Waals surface area contributed by atoms with Crippen molar-refractivity contribution in [2.24, 2.45) is 0 Å². The van der Waals surface area contributed by atoms with E-state index in [2.05, 4.69) is 27.9 Å². The Morgan fingerprint density at radius 2 is 0.591 bits per heavy atom. The largest absolute Gasteiger partial charge is 0.748 e. The second-order valence-electron chi connectivity index (χ2n) is 14.2. The molecule has 0 spiro atoms. The van der Waals surface area contributed by atoms with Crippen LogP contribution in [0.15, 0.2) is 0 Å². The van der Waals surface area contributed by atoms with E-state index in [1.165, 1.54) is 103 Å². The summed E-state index contributed by atoms with van der Waals surface area (Å²) in [7, 11) is -4.12. The molecular weight excluding hydrogens is 597 g/mol. The van der Waals surface area contributed by atoms with E-state index in [0.29, 0.717) is 25.9 Å². The summed E-state index contributed by atoms with van der Waals surface area (Å²) in [5.74, 6) is -0.657. The van der Waals surface area contributed by atoms with Gasteiger partial charge in [-0.1, -0.05) is 117 Å². The van der Waals surface area contributed by atoms with Gasteiger partial charge in [0, 0.05) is 24.3 Å². The Morgan fingerprint density at radius 1 is 0.364 bits per heavy atom. The van der Waals surface area contributed by atoms with Crippen molar-refractivity contribution in [1.29, 1.82) is 0 Å². The van der Waals surface area contributed by atoms with Crippen LogP contribution in [0.1, 0.15) is 155 Å². The van der Waals surface area contributed by atoms with Gasteiger partial charge in [0.1, 0.15) is 13.1 Å². The lowest BCUT2D eigenvalue weighted by molar-refractivity contribution is -0.964. The van der Waals surface area contributed by atoms with Crippen LogP contribution < -0.4 is 0 Å². The van der Waals surface area contributed by atoms with E-state index in [-0.39, 0.29) is 11.5 Å². The van der Waals surface area contributed by atoms with Gasteiger partial charge in [0.15, 0.2) is 0 Å². The van der Waals surface area contributed by atoms with Crippen LogP contribution in [0.25, 0.3) is 0 Å². The molecule has 0 saturated carbocycles. The molecule has 266 valence electrons. The quantitative estimate of drug-likeness (QED) is 0.0404. The Hall–Kier alpha value is -0.260. The van der Waals surface area contributed by atoms with Crippen LogP contribution >= 0.6 is 0 Å². The van der Waals surface area contributed by atoms with E-state index in [9.17, 15) is 25.9 Å². The molecule has 0 aliphatic carbocycles. The molecule has 0 N–H and O–H groups in total. The lowest BCUT2D eigenvalue weighted by atomic mass is 10.1. The van der Waals surface area contributed by atoms with Gasteiger partial charge in [0.25, 0.3) is 0 Å². The minimum Gasteiger partial charge on any atom is -0.748 e. The summed E-state index contributed by atoms with van der Waals surface area (Å²) < 4.78 is 69.3. The summed E-state index contributed by atoms with van der Waals surface area (Å²) in [6, 6.07) is 0. The molecule has 8 nitrogen and oxygen atoms in total. The Morgan fingerprint density at radius 3 is 0.841 bits per heavy atom. The number of quaternary nitrogens is 2. The molecule has 0 fully saturated rings. The van der Waals surface area contributed by atoms with Gasteiger partial charge in [0.05, 0.1) is 60.5 Å². The highest BCUT2D eigenvalue weighted by atomic mass is 32.2. The van der Waals surface area contributed by atoms with Gasteiger partial charge in [-0.3, -0.25) is 0 Å². The number of nitrogens with zero attached hydrogens (tertiary/aromatic N) is 2. The molecule has 0 heterocycles. The van der Waals surface area contributed by atoms with E-state index >= 15 is 0 Å². The first-order valence-electron chi connectivity index (χ1n) is 18.3. The average Bonchev–Trinajstić information content (AvgIpc) is 2.93. The summed E-state index contributed by atoms with van der Waals surface area (Å²) in [6.45, 7) is 9.35. The van der Waals surface area contributed by atoms with Crippen LogP contribution in [0.5, 0.6) is 0 Å². The van der Waals surface area contributed by atoms with Gasteiger partial charge in [-0.2, -0.15) is 0 Å². The highest BCUT2D eigenvalue weighted by molar-refractivity contribution is 7.85. The van der Waals surface area contributed by atoms with Crippen molar-refractivity contribution < 1.29 is 34.9 Å². The lowest BCUT2D eigenvalue weighted by Gasteiger charge is -2.40. The molecule has 0 aromatic carbocycles. The SMILES string of the molecule is CCCCCCCCCCCC[N+](C)(CCCS(=O)(=O)[O-])CC[N+](C)(CCCCCCCCCCCC)CCCS(=O)(=O)[O-]. The molecule has 0 bridgehead atoms. The predicted molar refractivity (Wildman–Crippen MR) is 184 cm³/mol. The number of hydrogen-bond donors (Lipinski definition) is 0. The van der Waals surface area contributed by atoms with Crippen LogP contribution in [0.3, 0.4) is 0 Å². The Balaban J connectivity index is 4.96. The van der Waals surface area contributed by atoms with Crippen molar-refractivity contribution in [3.8, 4) is 0 Å².